The third kappa shape index (κ3) is 4.80. The molecule has 0 aliphatic heterocycles. The normalized spacial score (nSPS) is 10.6. The number of halogens is 1. The summed E-state index contributed by atoms with van der Waals surface area (Å²) in [6.45, 7) is 2.32. The van der Waals surface area contributed by atoms with E-state index in [4.69, 9.17) is 9.84 Å². The summed E-state index contributed by atoms with van der Waals surface area (Å²) in [5, 5.41) is 9.68. The van der Waals surface area contributed by atoms with Crippen molar-refractivity contribution in [1.82, 2.24) is 4.98 Å². The molecule has 0 radical (unpaired) electrons. The Morgan fingerprint density at radius 3 is 2.86 bits per heavy atom. The number of benzene rings is 1. The molecule has 6 heteroatoms. The number of aryl methyl sites for hydroxylation is 3. The van der Waals surface area contributed by atoms with E-state index in [0.717, 1.165) is 28.4 Å². The molecule has 0 saturated carbocycles. The maximum absolute atomic E-state index is 13.4. The van der Waals surface area contributed by atoms with E-state index < -0.39 is 5.97 Å². The topological polar surface area (TPSA) is 59.4 Å². The number of hydrogen-bond donors (Lipinski definition) is 1. The fraction of sp³-hybridized carbons (Fsp3) is 0.375. The number of thiazole rings is 1. The van der Waals surface area contributed by atoms with Gasteiger partial charge >= 0.3 is 5.97 Å². The van der Waals surface area contributed by atoms with E-state index in [2.05, 4.69) is 4.98 Å². The quantitative estimate of drug-likeness (QED) is 0.754. The fourth-order valence-corrected chi connectivity index (χ4v) is 3.13. The molecular formula is C16H18FNO3S. The summed E-state index contributed by atoms with van der Waals surface area (Å²) in [5.74, 6) is -0.892. The first kappa shape index (κ1) is 16.4. The van der Waals surface area contributed by atoms with Crippen LogP contribution in [-0.4, -0.2) is 22.7 Å². The molecule has 22 heavy (non-hydrogen) atoms. The number of aliphatic carboxylic acids is 1. The molecule has 0 atom stereocenters. The first-order valence-corrected chi connectivity index (χ1v) is 7.92. The van der Waals surface area contributed by atoms with Crippen molar-refractivity contribution in [3.05, 3.63) is 45.7 Å². The molecule has 1 aromatic carbocycles. The molecule has 0 fully saturated rings. The molecule has 1 N–H and O–H groups in total. The van der Waals surface area contributed by atoms with Gasteiger partial charge in [-0.1, -0.05) is 12.1 Å². The van der Waals surface area contributed by atoms with E-state index in [1.165, 1.54) is 6.07 Å². The van der Waals surface area contributed by atoms with Gasteiger partial charge in [0.05, 0.1) is 23.7 Å². The van der Waals surface area contributed by atoms with Crippen LogP contribution in [0.25, 0.3) is 0 Å². The van der Waals surface area contributed by atoms with Crippen LogP contribution < -0.4 is 4.74 Å². The van der Waals surface area contributed by atoms with Crippen molar-refractivity contribution in [2.75, 3.05) is 6.61 Å². The maximum atomic E-state index is 13.4. The van der Waals surface area contributed by atoms with Gasteiger partial charge in [0.1, 0.15) is 0 Å². The first-order chi connectivity index (χ1) is 10.6. The van der Waals surface area contributed by atoms with Crippen molar-refractivity contribution in [3.63, 3.8) is 0 Å². The lowest BCUT2D eigenvalue weighted by Crippen LogP contribution is -2.00. The molecule has 0 aliphatic rings. The molecule has 0 aliphatic carbocycles. The second-order valence-electron chi connectivity index (χ2n) is 4.89. The molecule has 0 saturated heterocycles. The van der Waals surface area contributed by atoms with Gasteiger partial charge in [0.15, 0.2) is 11.6 Å². The summed E-state index contributed by atoms with van der Waals surface area (Å²) >= 11 is 1.55. The van der Waals surface area contributed by atoms with Crippen molar-refractivity contribution in [2.45, 2.75) is 32.6 Å². The first-order valence-electron chi connectivity index (χ1n) is 7.10. The van der Waals surface area contributed by atoms with Crippen molar-refractivity contribution in [1.29, 1.82) is 0 Å². The molecular weight excluding hydrogens is 305 g/mol. The van der Waals surface area contributed by atoms with Crippen LogP contribution in [0.5, 0.6) is 5.75 Å². The van der Waals surface area contributed by atoms with Crippen molar-refractivity contribution >= 4 is 17.3 Å². The van der Waals surface area contributed by atoms with Gasteiger partial charge < -0.3 is 9.84 Å². The highest BCUT2D eigenvalue weighted by Crippen LogP contribution is 2.21. The SMILES string of the molecule is Cc1nc(CCCOc2ccccc2F)sc1CCC(=O)O. The lowest BCUT2D eigenvalue weighted by atomic mass is 10.2. The van der Waals surface area contributed by atoms with E-state index in [1.807, 2.05) is 6.92 Å². The number of carboxylic acids is 1. The van der Waals surface area contributed by atoms with Crippen LogP contribution in [-0.2, 0) is 17.6 Å². The molecule has 2 aromatic rings. The van der Waals surface area contributed by atoms with E-state index in [1.54, 1.807) is 29.5 Å². The lowest BCUT2D eigenvalue weighted by Gasteiger charge is -2.05. The molecule has 0 spiro atoms. The number of rotatable bonds is 8. The van der Waals surface area contributed by atoms with Gasteiger partial charge in [-0.2, -0.15) is 0 Å². The van der Waals surface area contributed by atoms with Crippen LogP contribution in [0.3, 0.4) is 0 Å². The Morgan fingerprint density at radius 2 is 2.14 bits per heavy atom. The van der Waals surface area contributed by atoms with Gasteiger partial charge in [-0.15, -0.1) is 11.3 Å². The summed E-state index contributed by atoms with van der Waals surface area (Å²) < 4.78 is 18.8. The van der Waals surface area contributed by atoms with Gasteiger partial charge in [0.25, 0.3) is 0 Å². The highest BCUT2D eigenvalue weighted by atomic mass is 32.1. The summed E-state index contributed by atoms with van der Waals surface area (Å²) in [5.41, 5.74) is 0.899. The van der Waals surface area contributed by atoms with E-state index in [9.17, 15) is 9.18 Å². The predicted octanol–water partition coefficient (Wildman–Crippen LogP) is 3.62. The third-order valence-corrected chi connectivity index (χ3v) is 4.41. The Morgan fingerprint density at radius 1 is 1.36 bits per heavy atom. The summed E-state index contributed by atoms with van der Waals surface area (Å²) in [7, 11) is 0. The molecule has 1 heterocycles. The Labute approximate surface area is 132 Å². The zero-order valence-corrected chi connectivity index (χ0v) is 13.2. The standard InChI is InChI=1S/C16H18FNO3S/c1-11-14(8-9-16(19)20)22-15(18-11)7-4-10-21-13-6-3-2-5-12(13)17/h2-3,5-6H,4,7-10H2,1H3,(H,19,20). The zero-order valence-electron chi connectivity index (χ0n) is 12.3. The Balaban J connectivity index is 1.78. The van der Waals surface area contributed by atoms with Crippen LogP contribution in [0, 0.1) is 12.7 Å². The molecule has 0 amide bonds. The summed E-state index contributed by atoms with van der Waals surface area (Å²) in [4.78, 5) is 16.1. The minimum atomic E-state index is -0.798. The van der Waals surface area contributed by atoms with Gasteiger partial charge in [-0.3, -0.25) is 4.79 Å². The van der Waals surface area contributed by atoms with Gasteiger partial charge in [0, 0.05) is 11.3 Å². The number of carboxylic acid groups (broad SMARTS) is 1. The van der Waals surface area contributed by atoms with E-state index in [-0.39, 0.29) is 18.0 Å². The van der Waals surface area contributed by atoms with E-state index >= 15 is 0 Å². The maximum Gasteiger partial charge on any atom is 0.303 e. The molecule has 0 bridgehead atoms. The van der Waals surface area contributed by atoms with Crippen molar-refractivity contribution < 1.29 is 19.0 Å². The average molecular weight is 323 g/mol. The van der Waals surface area contributed by atoms with Crippen LogP contribution in [0.15, 0.2) is 24.3 Å². The highest BCUT2D eigenvalue weighted by molar-refractivity contribution is 7.11. The smallest absolute Gasteiger partial charge is 0.303 e. The lowest BCUT2D eigenvalue weighted by molar-refractivity contribution is -0.136. The number of nitrogens with zero attached hydrogens (tertiary/aromatic N) is 1. The van der Waals surface area contributed by atoms with E-state index in [0.29, 0.717) is 13.0 Å². The van der Waals surface area contributed by atoms with Crippen LogP contribution >= 0.6 is 11.3 Å². The fourth-order valence-electron chi connectivity index (χ4n) is 2.01. The number of ether oxygens (including phenoxy) is 1. The Hall–Kier alpha value is -1.95. The number of aromatic nitrogens is 1. The minimum Gasteiger partial charge on any atom is -0.491 e. The number of hydrogen-bond acceptors (Lipinski definition) is 4. The van der Waals surface area contributed by atoms with Crippen molar-refractivity contribution in [2.24, 2.45) is 0 Å². The highest BCUT2D eigenvalue weighted by Gasteiger charge is 2.09. The second kappa shape index (κ2) is 7.89. The van der Waals surface area contributed by atoms with Gasteiger partial charge in [-0.25, -0.2) is 9.37 Å². The second-order valence-corrected chi connectivity index (χ2v) is 6.06. The van der Waals surface area contributed by atoms with Crippen LogP contribution in [0.4, 0.5) is 4.39 Å². The number of carbonyl (C=O) groups is 1. The van der Waals surface area contributed by atoms with Gasteiger partial charge in [0.2, 0.25) is 0 Å². The monoisotopic (exact) mass is 323 g/mol. The van der Waals surface area contributed by atoms with Crippen molar-refractivity contribution in [3.8, 4) is 5.75 Å². The zero-order chi connectivity index (χ0) is 15.9. The number of para-hydroxylation sites is 1. The molecule has 2 rings (SSSR count). The summed E-state index contributed by atoms with van der Waals surface area (Å²) in [6.07, 6.45) is 2.12. The largest absolute Gasteiger partial charge is 0.491 e. The molecule has 0 unspecified atom stereocenters. The minimum absolute atomic E-state index is 0.124. The summed E-state index contributed by atoms with van der Waals surface area (Å²) in [6, 6.07) is 6.33. The molecule has 4 nitrogen and oxygen atoms in total. The Bertz CT molecular complexity index is 642. The average Bonchev–Trinajstić information content (AvgIpc) is 2.83. The third-order valence-electron chi connectivity index (χ3n) is 3.13. The predicted molar refractivity (Wildman–Crippen MR) is 83.0 cm³/mol. The van der Waals surface area contributed by atoms with Crippen LogP contribution in [0.1, 0.15) is 28.4 Å². The molecule has 118 valence electrons. The van der Waals surface area contributed by atoms with Gasteiger partial charge in [-0.05, 0) is 31.9 Å². The Kier molecular flexibility index (Phi) is 5.89. The molecule has 1 aromatic heterocycles. The van der Waals surface area contributed by atoms with Crippen LogP contribution in [0.2, 0.25) is 0 Å².